The quantitative estimate of drug-likeness (QED) is 0.606. The van der Waals surface area contributed by atoms with Crippen molar-refractivity contribution >= 4 is 0 Å². The third-order valence-electron chi connectivity index (χ3n) is 2.06. The van der Waals surface area contributed by atoms with Crippen LogP contribution < -0.4 is 5.32 Å². The van der Waals surface area contributed by atoms with Gasteiger partial charge in [-0.25, -0.2) is 0 Å². The third kappa shape index (κ3) is 3.54. The number of hydrogen-bond donors (Lipinski definition) is 1. The van der Waals surface area contributed by atoms with Crippen LogP contribution in [-0.2, 0) is 0 Å². The van der Waals surface area contributed by atoms with E-state index in [1.165, 1.54) is 26.1 Å². The Kier molecular flexibility index (Phi) is 4.24. The van der Waals surface area contributed by atoms with Gasteiger partial charge in [0.05, 0.1) is 0 Å². The van der Waals surface area contributed by atoms with E-state index >= 15 is 0 Å². The zero-order valence-corrected chi connectivity index (χ0v) is 7.34. The Morgan fingerprint density at radius 2 is 2.09 bits per heavy atom. The summed E-state index contributed by atoms with van der Waals surface area (Å²) in [5.41, 5.74) is 0. The Labute approximate surface area is 69.3 Å². The fraction of sp³-hybridized carbons (Fsp3) is 0.778. The Balaban J connectivity index is 2.04. The zero-order chi connectivity index (χ0) is 7.94. The molecule has 0 aliphatic carbocycles. The van der Waals surface area contributed by atoms with Gasteiger partial charge in [-0.15, -0.1) is 0 Å². The van der Waals surface area contributed by atoms with E-state index in [9.17, 15) is 0 Å². The maximum absolute atomic E-state index is 3.35. The summed E-state index contributed by atoms with van der Waals surface area (Å²) in [5, 5.41) is 3.35. The number of allylic oxidation sites excluding steroid dienone is 1. The topological polar surface area (TPSA) is 15.3 Å². The summed E-state index contributed by atoms with van der Waals surface area (Å²) in [6, 6.07) is 0. The van der Waals surface area contributed by atoms with Crippen LogP contribution in [0.5, 0.6) is 0 Å². The minimum Gasteiger partial charge on any atom is -0.314 e. The predicted octanol–water partition coefficient (Wildman–Crippen LogP) is 0.858. The van der Waals surface area contributed by atoms with E-state index in [1.54, 1.807) is 0 Å². The SMILES string of the molecule is C/C=C/CCN1CCNCC1. The van der Waals surface area contributed by atoms with Crippen molar-refractivity contribution in [2.45, 2.75) is 13.3 Å². The first-order valence-corrected chi connectivity index (χ1v) is 4.47. The highest BCUT2D eigenvalue weighted by atomic mass is 15.2. The number of rotatable bonds is 3. The maximum atomic E-state index is 3.35. The van der Waals surface area contributed by atoms with Gasteiger partial charge in [-0.2, -0.15) is 0 Å². The third-order valence-corrected chi connectivity index (χ3v) is 2.06. The molecule has 2 nitrogen and oxygen atoms in total. The molecule has 0 spiro atoms. The number of nitrogens with one attached hydrogen (secondary N) is 1. The molecule has 0 aromatic rings. The summed E-state index contributed by atoms with van der Waals surface area (Å²) in [7, 11) is 0. The molecule has 1 heterocycles. The van der Waals surface area contributed by atoms with E-state index in [0.29, 0.717) is 0 Å². The molecule has 1 N–H and O–H groups in total. The summed E-state index contributed by atoms with van der Waals surface area (Å²) >= 11 is 0. The van der Waals surface area contributed by atoms with Crippen LogP contribution in [0.25, 0.3) is 0 Å². The minimum absolute atomic E-state index is 1.16. The van der Waals surface area contributed by atoms with Gasteiger partial charge in [0.25, 0.3) is 0 Å². The highest BCUT2D eigenvalue weighted by Gasteiger charge is 2.06. The molecule has 2 heteroatoms. The summed E-state index contributed by atoms with van der Waals surface area (Å²) in [6.07, 6.45) is 5.57. The molecule has 1 aliphatic heterocycles. The van der Waals surface area contributed by atoms with E-state index in [2.05, 4.69) is 29.3 Å². The molecule has 1 saturated heterocycles. The van der Waals surface area contributed by atoms with Gasteiger partial charge in [-0.1, -0.05) is 12.2 Å². The van der Waals surface area contributed by atoms with Crippen molar-refractivity contribution < 1.29 is 0 Å². The fourth-order valence-electron chi connectivity index (χ4n) is 1.36. The Bertz CT molecular complexity index is 115. The Morgan fingerprint density at radius 3 is 2.73 bits per heavy atom. The van der Waals surface area contributed by atoms with Crippen molar-refractivity contribution in [2.75, 3.05) is 32.7 Å². The molecule has 0 saturated carbocycles. The molecule has 0 amide bonds. The molecule has 0 bridgehead atoms. The van der Waals surface area contributed by atoms with E-state index in [4.69, 9.17) is 0 Å². The first-order chi connectivity index (χ1) is 5.43. The number of nitrogens with zero attached hydrogens (tertiary/aromatic N) is 1. The van der Waals surface area contributed by atoms with E-state index in [-0.39, 0.29) is 0 Å². The van der Waals surface area contributed by atoms with Gasteiger partial charge in [-0.05, 0) is 13.3 Å². The first kappa shape index (κ1) is 8.75. The van der Waals surface area contributed by atoms with Gasteiger partial charge in [0.15, 0.2) is 0 Å². The van der Waals surface area contributed by atoms with Gasteiger partial charge in [0.2, 0.25) is 0 Å². The fourth-order valence-corrected chi connectivity index (χ4v) is 1.36. The molecule has 0 unspecified atom stereocenters. The molecular weight excluding hydrogens is 136 g/mol. The van der Waals surface area contributed by atoms with Crippen molar-refractivity contribution in [3.63, 3.8) is 0 Å². The van der Waals surface area contributed by atoms with E-state index in [0.717, 1.165) is 13.1 Å². The van der Waals surface area contributed by atoms with Gasteiger partial charge in [-0.3, -0.25) is 0 Å². The zero-order valence-electron chi connectivity index (χ0n) is 7.34. The molecule has 0 aromatic heterocycles. The molecule has 1 fully saturated rings. The van der Waals surface area contributed by atoms with Gasteiger partial charge < -0.3 is 10.2 Å². The van der Waals surface area contributed by atoms with Gasteiger partial charge >= 0.3 is 0 Å². The normalized spacial score (nSPS) is 21.2. The van der Waals surface area contributed by atoms with Crippen LogP contribution in [0.4, 0.5) is 0 Å². The summed E-state index contributed by atoms with van der Waals surface area (Å²) in [4.78, 5) is 2.51. The smallest absolute Gasteiger partial charge is 0.0107 e. The second-order valence-corrected chi connectivity index (χ2v) is 2.95. The second-order valence-electron chi connectivity index (χ2n) is 2.95. The monoisotopic (exact) mass is 154 g/mol. The van der Waals surface area contributed by atoms with Crippen LogP contribution in [0.1, 0.15) is 13.3 Å². The van der Waals surface area contributed by atoms with Crippen molar-refractivity contribution in [3.05, 3.63) is 12.2 Å². The van der Waals surface area contributed by atoms with Crippen LogP contribution in [0.2, 0.25) is 0 Å². The first-order valence-electron chi connectivity index (χ1n) is 4.47. The van der Waals surface area contributed by atoms with Crippen LogP contribution in [-0.4, -0.2) is 37.6 Å². The lowest BCUT2D eigenvalue weighted by molar-refractivity contribution is 0.245. The van der Waals surface area contributed by atoms with Crippen LogP contribution >= 0.6 is 0 Å². The average Bonchev–Trinajstić information content (AvgIpc) is 2.07. The van der Waals surface area contributed by atoms with Crippen LogP contribution in [0.3, 0.4) is 0 Å². The van der Waals surface area contributed by atoms with Crippen molar-refractivity contribution in [1.29, 1.82) is 0 Å². The maximum Gasteiger partial charge on any atom is 0.0107 e. The predicted molar refractivity (Wildman–Crippen MR) is 48.7 cm³/mol. The Hall–Kier alpha value is -0.340. The largest absolute Gasteiger partial charge is 0.314 e. The minimum atomic E-state index is 1.16. The van der Waals surface area contributed by atoms with Crippen LogP contribution in [0, 0.1) is 0 Å². The summed E-state index contributed by atoms with van der Waals surface area (Å²) in [6.45, 7) is 8.07. The number of hydrogen-bond acceptors (Lipinski definition) is 2. The summed E-state index contributed by atoms with van der Waals surface area (Å²) in [5.74, 6) is 0. The van der Waals surface area contributed by atoms with Crippen LogP contribution in [0.15, 0.2) is 12.2 Å². The molecule has 0 aromatic carbocycles. The van der Waals surface area contributed by atoms with Gasteiger partial charge in [0.1, 0.15) is 0 Å². The lowest BCUT2D eigenvalue weighted by atomic mass is 10.3. The molecule has 1 aliphatic rings. The lowest BCUT2D eigenvalue weighted by Gasteiger charge is -2.26. The van der Waals surface area contributed by atoms with E-state index < -0.39 is 0 Å². The highest BCUT2D eigenvalue weighted by molar-refractivity contribution is 4.79. The molecular formula is C9H18N2. The highest BCUT2D eigenvalue weighted by Crippen LogP contribution is 1.94. The molecule has 64 valence electrons. The molecule has 0 atom stereocenters. The number of piperazine rings is 1. The Morgan fingerprint density at radius 1 is 1.36 bits per heavy atom. The van der Waals surface area contributed by atoms with E-state index in [1.807, 2.05) is 0 Å². The molecule has 11 heavy (non-hydrogen) atoms. The molecule has 1 rings (SSSR count). The second kappa shape index (κ2) is 5.33. The van der Waals surface area contributed by atoms with Gasteiger partial charge in [0, 0.05) is 32.7 Å². The van der Waals surface area contributed by atoms with Crippen molar-refractivity contribution in [3.8, 4) is 0 Å². The summed E-state index contributed by atoms with van der Waals surface area (Å²) < 4.78 is 0. The average molecular weight is 154 g/mol. The molecule has 0 radical (unpaired) electrons. The van der Waals surface area contributed by atoms with Crippen molar-refractivity contribution in [2.24, 2.45) is 0 Å². The van der Waals surface area contributed by atoms with Crippen molar-refractivity contribution in [1.82, 2.24) is 10.2 Å². The lowest BCUT2D eigenvalue weighted by Crippen LogP contribution is -2.43. The standard InChI is InChI=1S/C9H18N2/c1-2-3-4-7-11-8-5-10-6-9-11/h2-3,10H,4-9H2,1H3/b3-2+.